The predicted octanol–water partition coefficient (Wildman–Crippen LogP) is 4.46. The molecule has 0 radical (unpaired) electrons. The molecule has 1 saturated heterocycles. The predicted molar refractivity (Wildman–Crippen MR) is 151 cm³/mol. The molecule has 0 aliphatic carbocycles. The van der Waals surface area contributed by atoms with Gasteiger partial charge in [-0.05, 0) is 57.2 Å². The van der Waals surface area contributed by atoms with Gasteiger partial charge in [0.15, 0.2) is 6.10 Å². The quantitative estimate of drug-likeness (QED) is 0.220. The number of alkyl carbamates (subject to hydrolysis) is 1. The highest BCUT2D eigenvalue weighted by Crippen LogP contribution is 2.31. The number of hydrogen-bond donors (Lipinski definition) is 2. The molecular weight excluding hydrogens is 567 g/mol. The Morgan fingerprint density at radius 2 is 1.69 bits per heavy atom. The number of amides is 2. The molecule has 2 N–H and O–H groups in total. The topological polar surface area (TPSA) is 158 Å². The SMILES string of the molecule is CC(CCC(O[P+](=O)OCC(C)OC(=O)c1ccccc1)C(=O)N1CCC[C@H]1C(=O)O)NC(=O)OCc1ccccc1. The number of ether oxygens (including phenoxy) is 2. The van der Waals surface area contributed by atoms with Gasteiger partial charge in [-0.25, -0.2) is 14.4 Å². The molecule has 0 bridgehead atoms. The Morgan fingerprint density at radius 3 is 2.36 bits per heavy atom. The number of esters is 1. The molecule has 12 nitrogen and oxygen atoms in total. The number of carboxylic acid groups (broad SMARTS) is 1. The second-order valence-electron chi connectivity index (χ2n) is 9.91. The molecule has 5 atom stereocenters. The van der Waals surface area contributed by atoms with Gasteiger partial charge in [0, 0.05) is 17.2 Å². The number of aliphatic carboxylic acids is 1. The second-order valence-corrected chi connectivity index (χ2v) is 10.8. The van der Waals surface area contributed by atoms with Gasteiger partial charge in [0.2, 0.25) is 0 Å². The van der Waals surface area contributed by atoms with Crippen LogP contribution in [0.2, 0.25) is 0 Å². The molecule has 1 aliphatic rings. The van der Waals surface area contributed by atoms with E-state index < -0.39 is 56.5 Å². The average molecular weight is 604 g/mol. The molecule has 0 spiro atoms. The van der Waals surface area contributed by atoms with Crippen molar-refractivity contribution in [1.29, 1.82) is 0 Å². The van der Waals surface area contributed by atoms with E-state index in [2.05, 4.69) is 5.32 Å². The largest absolute Gasteiger partial charge is 0.698 e. The van der Waals surface area contributed by atoms with Crippen LogP contribution in [0, 0.1) is 0 Å². The molecule has 226 valence electrons. The Bertz CT molecular complexity index is 1210. The van der Waals surface area contributed by atoms with Gasteiger partial charge < -0.3 is 24.8 Å². The molecule has 1 heterocycles. The minimum atomic E-state index is -2.84. The summed E-state index contributed by atoms with van der Waals surface area (Å²) in [5, 5.41) is 12.2. The highest BCUT2D eigenvalue weighted by Gasteiger charge is 2.41. The van der Waals surface area contributed by atoms with Crippen molar-refractivity contribution >= 4 is 32.2 Å². The van der Waals surface area contributed by atoms with E-state index in [0.29, 0.717) is 18.4 Å². The summed E-state index contributed by atoms with van der Waals surface area (Å²) in [5.41, 5.74) is 1.17. The molecule has 1 aliphatic heterocycles. The van der Waals surface area contributed by atoms with Crippen LogP contribution < -0.4 is 5.32 Å². The van der Waals surface area contributed by atoms with Gasteiger partial charge in [0.1, 0.15) is 25.4 Å². The smallest absolute Gasteiger partial charge is 0.480 e. The van der Waals surface area contributed by atoms with E-state index in [1.807, 2.05) is 30.3 Å². The molecule has 3 rings (SSSR count). The fraction of sp³-hybridized carbons (Fsp3) is 0.448. The second kappa shape index (κ2) is 16.5. The lowest BCUT2D eigenvalue weighted by atomic mass is 10.1. The van der Waals surface area contributed by atoms with Crippen LogP contribution in [0.4, 0.5) is 4.79 Å². The Hall–Kier alpha value is -3.86. The number of likely N-dealkylation sites (tertiary alicyclic amines) is 1. The molecule has 2 amide bonds. The minimum absolute atomic E-state index is 0.0186. The summed E-state index contributed by atoms with van der Waals surface area (Å²) in [6.07, 6.45) is -1.65. The molecule has 0 aromatic heterocycles. The Balaban J connectivity index is 1.53. The van der Waals surface area contributed by atoms with Gasteiger partial charge in [0.25, 0.3) is 5.91 Å². The number of carbonyl (C=O) groups excluding carboxylic acids is 3. The summed E-state index contributed by atoms with van der Waals surface area (Å²) in [7, 11) is -2.84. The van der Waals surface area contributed by atoms with Crippen molar-refractivity contribution in [1.82, 2.24) is 10.2 Å². The zero-order valence-corrected chi connectivity index (χ0v) is 24.4. The maximum Gasteiger partial charge on any atom is 0.698 e. The van der Waals surface area contributed by atoms with Crippen LogP contribution in [-0.4, -0.2) is 71.4 Å². The van der Waals surface area contributed by atoms with Crippen LogP contribution in [-0.2, 0) is 39.3 Å². The molecule has 13 heteroatoms. The zero-order chi connectivity index (χ0) is 30.5. The van der Waals surface area contributed by atoms with Crippen LogP contribution in [0.5, 0.6) is 0 Å². The average Bonchev–Trinajstić information content (AvgIpc) is 3.48. The van der Waals surface area contributed by atoms with E-state index in [4.69, 9.17) is 18.5 Å². The first-order valence-electron chi connectivity index (χ1n) is 13.7. The minimum Gasteiger partial charge on any atom is -0.480 e. The van der Waals surface area contributed by atoms with E-state index in [1.54, 1.807) is 44.2 Å². The van der Waals surface area contributed by atoms with Gasteiger partial charge in [0.05, 0.1) is 5.56 Å². The molecule has 2 aromatic carbocycles. The van der Waals surface area contributed by atoms with Crippen molar-refractivity contribution in [3.63, 3.8) is 0 Å². The highest BCUT2D eigenvalue weighted by atomic mass is 31.1. The van der Waals surface area contributed by atoms with Crippen molar-refractivity contribution in [3.05, 3.63) is 71.8 Å². The summed E-state index contributed by atoms with van der Waals surface area (Å²) in [4.78, 5) is 50.6. The number of carboxylic acids is 1. The lowest BCUT2D eigenvalue weighted by molar-refractivity contribution is -0.151. The Kier molecular flexibility index (Phi) is 12.9. The standard InChI is InChI=1S/C29H35N2O10P/c1-20(30-29(36)38-19-22-10-5-3-6-11-22)15-16-25(26(32)31-17-9-14-24(31)27(33)34)41-42(37)39-18-21(2)40-28(35)23-12-7-4-8-13-23/h3-8,10-13,20-21,24-25H,9,14-19H2,1-2H3,(H-,30,33,34,36)/p+1/t20?,21?,24-,25?/m0/s1. The van der Waals surface area contributed by atoms with E-state index in [0.717, 1.165) is 5.56 Å². The molecule has 0 saturated carbocycles. The van der Waals surface area contributed by atoms with Gasteiger partial charge in [-0.3, -0.25) is 4.79 Å². The summed E-state index contributed by atoms with van der Waals surface area (Å²) in [6.45, 7) is 3.31. The lowest BCUT2D eigenvalue weighted by Gasteiger charge is -2.24. The fourth-order valence-corrected chi connectivity index (χ4v) is 5.09. The maximum atomic E-state index is 13.3. The van der Waals surface area contributed by atoms with Crippen molar-refractivity contribution < 1.29 is 47.4 Å². The Labute approximate surface area is 245 Å². The third-order valence-electron chi connectivity index (χ3n) is 6.48. The monoisotopic (exact) mass is 603 g/mol. The lowest BCUT2D eigenvalue weighted by Crippen LogP contribution is -2.46. The van der Waals surface area contributed by atoms with Crippen molar-refractivity contribution in [3.8, 4) is 0 Å². The van der Waals surface area contributed by atoms with Crippen LogP contribution in [0.15, 0.2) is 60.7 Å². The van der Waals surface area contributed by atoms with Crippen LogP contribution in [0.3, 0.4) is 0 Å². The first-order valence-corrected chi connectivity index (χ1v) is 14.8. The number of carbonyl (C=O) groups is 4. The number of hydrogen-bond acceptors (Lipinski definition) is 9. The van der Waals surface area contributed by atoms with Gasteiger partial charge in [-0.15, -0.1) is 9.05 Å². The van der Waals surface area contributed by atoms with E-state index in [-0.39, 0.29) is 32.6 Å². The molecule has 42 heavy (non-hydrogen) atoms. The first-order chi connectivity index (χ1) is 20.1. The summed E-state index contributed by atoms with van der Waals surface area (Å²) in [5.74, 6) is -2.34. The zero-order valence-electron chi connectivity index (χ0n) is 23.5. The molecule has 2 aromatic rings. The van der Waals surface area contributed by atoms with Gasteiger partial charge >= 0.3 is 26.3 Å². The summed E-state index contributed by atoms with van der Waals surface area (Å²) < 4.78 is 33.9. The molecular formula is C29H36N2O10P+. The number of nitrogens with zero attached hydrogens (tertiary/aromatic N) is 1. The Morgan fingerprint density at radius 1 is 1.02 bits per heavy atom. The van der Waals surface area contributed by atoms with E-state index in [1.165, 1.54) is 4.90 Å². The number of rotatable bonds is 15. The fourth-order valence-electron chi connectivity index (χ4n) is 4.29. The highest BCUT2D eigenvalue weighted by molar-refractivity contribution is 7.33. The van der Waals surface area contributed by atoms with Crippen LogP contribution in [0.25, 0.3) is 0 Å². The third kappa shape index (κ3) is 10.5. The van der Waals surface area contributed by atoms with Crippen molar-refractivity contribution in [2.24, 2.45) is 0 Å². The van der Waals surface area contributed by atoms with E-state index >= 15 is 0 Å². The molecule has 4 unspecified atom stereocenters. The van der Waals surface area contributed by atoms with Crippen molar-refractivity contribution in [2.45, 2.75) is 70.4 Å². The summed E-state index contributed by atoms with van der Waals surface area (Å²) >= 11 is 0. The van der Waals surface area contributed by atoms with Crippen LogP contribution >= 0.6 is 8.25 Å². The summed E-state index contributed by atoms with van der Waals surface area (Å²) in [6, 6.07) is 16.0. The number of benzene rings is 2. The van der Waals surface area contributed by atoms with Gasteiger partial charge in [-0.1, -0.05) is 48.5 Å². The van der Waals surface area contributed by atoms with Crippen molar-refractivity contribution in [2.75, 3.05) is 13.2 Å². The number of nitrogens with one attached hydrogen (secondary N) is 1. The van der Waals surface area contributed by atoms with E-state index in [9.17, 15) is 28.8 Å². The first kappa shape index (κ1) is 32.7. The normalized spacial score (nSPS) is 17.0. The molecule has 1 fully saturated rings. The van der Waals surface area contributed by atoms with Gasteiger partial charge in [-0.2, -0.15) is 0 Å². The maximum absolute atomic E-state index is 13.3. The third-order valence-corrected chi connectivity index (χ3v) is 7.27. The van der Waals surface area contributed by atoms with Crippen LogP contribution in [0.1, 0.15) is 55.5 Å².